The van der Waals surface area contributed by atoms with Crippen molar-refractivity contribution in [1.29, 1.82) is 0 Å². The van der Waals surface area contributed by atoms with Gasteiger partial charge in [-0.15, -0.1) is 0 Å². The van der Waals surface area contributed by atoms with Gasteiger partial charge in [-0.2, -0.15) is 13.2 Å². The van der Waals surface area contributed by atoms with E-state index in [0.717, 1.165) is 12.1 Å². The molecule has 0 aromatic heterocycles. The van der Waals surface area contributed by atoms with Crippen molar-refractivity contribution in [1.82, 2.24) is 0 Å². The van der Waals surface area contributed by atoms with Crippen LogP contribution in [-0.4, -0.2) is 24.7 Å². The van der Waals surface area contributed by atoms with Gasteiger partial charge in [-0.3, -0.25) is 4.79 Å². The number of ether oxygens (including phenoxy) is 1. The van der Waals surface area contributed by atoms with Crippen molar-refractivity contribution < 1.29 is 22.7 Å². The normalized spacial score (nSPS) is 22.3. The van der Waals surface area contributed by atoms with Gasteiger partial charge in [-0.1, -0.05) is 15.9 Å². The molecule has 0 spiro atoms. The number of carbonyl (C=O) groups excluding carboxylic acids is 1. The maximum atomic E-state index is 12.7. The predicted octanol–water partition coefficient (Wildman–Crippen LogP) is 2.91. The molecular formula is C13H14BrF3N2O2. The monoisotopic (exact) mass is 366 g/mol. The second-order valence-electron chi connectivity index (χ2n) is 4.78. The number of hydrogen-bond acceptors (Lipinski definition) is 3. The van der Waals surface area contributed by atoms with Crippen LogP contribution >= 0.6 is 15.9 Å². The molecule has 8 heteroatoms. The zero-order valence-corrected chi connectivity index (χ0v) is 12.5. The second kappa shape index (κ2) is 6.33. The summed E-state index contributed by atoms with van der Waals surface area (Å²) in [6.07, 6.45) is -4.15. The summed E-state index contributed by atoms with van der Waals surface area (Å²) in [6.45, 7) is 0.318. The summed E-state index contributed by atoms with van der Waals surface area (Å²) in [5, 5.41) is 2.45. The summed E-state index contributed by atoms with van der Waals surface area (Å²) >= 11 is 3.00. The number of nitrogens with one attached hydrogen (secondary N) is 1. The highest BCUT2D eigenvalue weighted by molar-refractivity contribution is 9.10. The minimum Gasteiger partial charge on any atom is -0.364 e. The first-order valence-electron chi connectivity index (χ1n) is 6.34. The fourth-order valence-electron chi connectivity index (χ4n) is 2.12. The van der Waals surface area contributed by atoms with Gasteiger partial charge in [0.2, 0.25) is 0 Å². The van der Waals surface area contributed by atoms with E-state index >= 15 is 0 Å². The molecule has 2 rings (SSSR count). The highest BCUT2D eigenvalue weighted by Crippen LogP contribution is 2.33. The Morgan fingerprint density at radius 3 is 2.67 bits per heavy atom. The summed E-state index contributed by atoms with van der Waals surface area (Å²) in [5.74, 6) is -0.461. The van der Waals surface area contributed by atoms with Gasteiger partial charge >= 0.3 is 6.18 Å². The van der Waals surface area contributed by atoms with Crippen LogP contribution in [0.1, 0.15) is 18.4 Å². The van der Waals surface area contributed by atoms with Gasteiger partial charge in [0.25, 0.3) is 5.91 Å². The summed E-state index contributed by atoms with van der Waals surface area (Å²) in [7, 11) is 0. The van der Waals surface area contributed by atoms with Gasteiger partial charge in [-0.05, 0) is 31.0 Å². The van der Waals surface area contributed by atoms with Gasteiger partial charge < -0.3 is 15.8 Å². The summed E-state index contributed by atoms with van der Waals surface area (Å²) in [5.41, 5.74) is 4.69. The number of anilines is 1. The van der Waals surface area contributed by atoms with Gasteiger partial charge in [0.05, 0.1) is 11.7 Å². The number of rotatable bonds is 3. The molecule has 2 atom stereocenters. The van der Waals surface area contributed by atoms with Crippen molar-refractivity contribution in [3.05, 3.63) is 28.2 Å². The van der Waals surface area contributed by atoms with Crippen molar-refractivity contribution in [3.63, 3.8) is 0 Å². The van der Waals surface area contributed by atoms with E-state index in [-0.39, 0.29) is 16.3 Å². The molecular weight excluding hydrogens is 353 g/mol. The molecule has 1 aromatic rings. The third-order valence-corrected chi connectivity index (χ3v) is 3.61. The van der Waals surface area contributed by atoms with E-state index in [9.17, 15) is 18.0 Å². The highest BCUT2D eigenvalue weighted by Gasteiger charge is 2.32. The zero-order chi connectivity index (χ0) is 15.6. The molecule has 1 heterocycles. The summed E-state index contributed by atoms with van der Waals surface area (Å²) < 4.78 is 43.8. The third-order valence-electron chi connectivity index (χ3n) is 3.16. The number of hydrogen-bond donors (Lipinski definition) is 2. The van der Waals surface area contributed by atoms with Crippen LogP contribution in [0.2, 0.25) is 0 Å². The second-order valence-corrected chi connectivity index (χ2v) is 5.69. The molecule has 0 radical (unpaired) electrons. The van der Waals surface area contributed by atoms with Gasteiger partial charge in [0.15, 0.2) is 0 Å². The lowest BCUT2D eigenvalue weighted by Crippen LogP contribution is -2.29. The van der Waals surface area contributed by atoms with E-state index < -0.39 is 23.8 Å². The Balaban J connectivity index is 2.09. The molecule has 0 bridgehead atoms. The van der Waals surface area contributed by atoms with Crippen LogP contribution in [0, 0.1) is 0 Å². The van der Waals surface area contributed by atoms with Crippen LogP contribution in [-0.2, 0) is 15.7 Å². The number of amides is 1. The first-order valence-corrected chi connectivity index (χ1v) is 7.13. The van der Waals surface area contributed by atoms with Gasteiger partial charge in [0.1, 0.15) is 6.10 Å². The number of carbonyl (C=O) groups is 1. The lowest BCUT2D eigenvalue weighted by molar-refractivity contribution is -0.137. The highest BCUT2D eigenvalue weighted by atomic mass is 79.9. The Labute approximate surface area is 128 Å². The minimum absolute atomic E-state index is 0.0708. The summed E-state index contributed by atoms with van der Waals surface area (Å²) in [4.78, 5) is 12.0. The van der Waals surface area contributed by atoms with Crippen LogP contribution in [0.3, 0.4) is 0 Å². The van der Waals surface area contributed by atoms with E-state index in [0.29, 0.717) is 19.4 Å². The van der Waals surface area contributed by atoms with Crippen LogP contribution in [0.25, 0.3) is 0 Å². The predicted molar refractivity (Wildman–Crippen MR) is 74.7 cm³/mol. The molecule has 0 saturated carbocycles. The Morgan fingerprint density at radius 2 is 2.10 bits per heavy atom. The molecule has 116 valence electrons. The molecule has 1 saturated heterocycles. The van der Waals surface area contributed by atoms with E-state index in [1.807, 2.05) is 0 Å². The maximum Gasteiger partial charge on any atom is 0.416 e. The lowest BCUT2D eigenvalue weighted by Gasteiger charge is -2.14. The largest absolute Gasteiger partial charge is 0.416 e. The average molecular weight is 367 g/mol. The standard InChI is InChI=1S/C13H14BrF3N2O2/c14-8-3-7(13(15,16)17)4-9(5-8)19-12(20)11-2-1-10(6-18)21-11/h3-5,10-11H,1-2,6,18H2,(H,19,20)/t10-,11+/m1/s1. The number of benzene rings is 1. The maximum absolute atomic E-state index is 12.7. The quantitative estimate of drug-likeness (QED) is 0.864. The number of alkyl halides is 3. The molecule has 1 aromatic carbocycles. The number of nitrogens with two attached hydrogens (primary N) is 1. The Bertz CT molecular complexity index is 537. The van der Waals surface area contributed by atoms with Crippen LogP contribution < -0.4 is 11.1 Å². The summed E-state index contributed by atoms with van der Waals surface area (Å²) in [6, 6.07) is 3.24. The topological polar surface area (TPSA) is 64.4 Å². The molecule has 1 amide bonds. The molecule has 0 aliphatic carbocycles. The molecule has 0 unspecified atom stereocenters. The molecule has 3 N–H and O–H groups in total. The Kier molecular flexibility index (Phi) is 4.90. The van der Waals surface area contributed by atoms with Crippen LogP contribution in [0.15, 0.2) is 22.7 Å². The van der Waals surface area contributed by atoms with Crippen LogP contribution in [0.4, 0.5) is 18.9 Å². The van der Waals surface area contributed by atoms with Crippen molar-refractivity contribution in [3.8, 4) is 0 Å². The van der Waals surface area contributed by atoms with E-state index in [2.05, 4.69) is 21.2 Å². The fraction of sp³-hybridized carbons (Fsp3) is 0.462. The van der Waals surface area contributed by atoms with Crippen molar-refractivity contribution in [2.45, 2.75) is 31.2 Å². The smallest absolute Gasteiger partial charge is 0.364 e. The molecule has 1 fully saturated rings. The van der Waals surface area contributed by atoms with E-state index in [1.165, 1.54) is 6.07 Å². The first-order chi connectivity index (χ1) is 9.79. The van der Waals surface area contributed by atoms with Crippen molar-refractivity contribution in [2.75, 3.05) is 11.9 Å². The van der Waals surface area contributed by atoms with Crippen LogP contribution in [0.5, 0.6) is 0 Å². The Hall–Kier alpha value is -1.12. The van der Waals surface area contributed by atoms with E-state index in [1.54, 1.807) is 0 Å². The molecule has 1 aliphatic rings. The molecule has 4 nitrogen and oxygen atoms in total. The lowest BCUT2D eigenvalue weighted by atomic mass is 10.1. The minimum atomic E-state index is -4.47. The number of halogens is 4. The van der Waals surface area contributed by atoms with Gasteiger partial charge in [0, 0.05) is 16.7 Å². The zero-order valence-electron chi connectivity index (χ0n) is 10.9. The SMILES string of the molecule is NC[C@H]1CC[C@@H](C(=O)Nc2cc(Br)cc(C(F)(F)F)c2)O1. The van der Waals surface area contributed by atoms with Crippen molar-refractivity contribution in [2.24, 2.45) is 5.73 Å². The van der Waals surface area contributed by atoms with Gasteiger partial charge in [-0.25, -0.2) is 0 Å². The fourth-order valence-corrected chi connectivity index (χ4v) is 2.61. The molecule has 1 aliphatic heterocycles. The third kappa shape index (κ3) is 4.18. The first kappa shape index (κ1) is 16.3. The average Bonchev–Trinajstić information content (AvgIpc) is 2.85. The van der Waals surface area contributed by atoms with E-state index in [4.69, 9.17) is 10.5 Å². The van der Waals surface area contributed by atoms with Crippen molar-refractivity contribution >= 4 is 27.5 Å². The molecule has 21 heavy (non-hydrogen) atoms. The Morgan fingerprint density at radius 1 is 1.38 bits per heavy atom.